The number of hydrogen-bond acceptors (Lipinski definition) is 3. The van der Waals surface area contributed by atoms with E-state index in [1.165, 1.54) is 12.0 Å². The van der Waals surface area contributed by atoms with Gasteiger partial charge in [0.15, 0.2) is 0 Å². The average Bonchev–Trinajstić information content (AvgIpc) is 2.64. The number of anilines is 1. The molecule has 4 heteroatoms. The van der Waals surface area contributed by atoms with Crippen LogP contribution in [0.2, 0.25) is 0 Å². The Morgan fingerprint density at radius 3 is 3.14 bits per heavy atom. The third-order valence-electron chi connectivity index (χ3n) is 2.46. The lowest BCUT2D eigenvalue weighted by atomic mass is 10.2. The number of nitrogens with zero attached hydrogens (tertiary/aromatic N) is 1. The standard InChI is InChI=1S/C10H14BrN3/c1-7-4-10(13-6-9(7)11)14-8-2-3-12-5-8/h4,6,8,12H,2-3,5H2,1H3,(H,13,14). The first-order valence-corrected chi connectivity index (χ1v) is 5.64. The Bertz CT molecular complexity index is 321. The maximum atomic E-state index is 4.32. The van der Waals surface area contributed by atoms with Gasteiger partial charge < -0.3 is 10.6 Å². The SMILES string of the molecule is Cc1cc(NC2CCNC2)ncc1Br. The third-order valence-corrected chi connectivity index (χ3v) is 3.29. The molecule has 1 aromatic rings. The first-order valence-electron chi connectivity index (χ1n) is 4.85. The number of aromatic nitrogens is 1. The van der Waals surface area contributed by atoms with Crippen LogP contribution in [-0.2, 0) is 0 Å². The van der Waals surface area contributed by atoms with Gasteiger partial charge >= 0.3 is 0 Å². The quantitative estimate of drug-likeness (QED) is 0.848. The average molecular weight is 256 g/mol. The molecule has 3 nitrogen and oxygen atoms in total. The minimum atomic E-state index is 0.531. The summed E-state index contributed by atoms with van der Waals surface area (Å²) < 4.78 is 1.06. The molecule has 1 fully saturated rings. The largest absolute Gasteiger partial charge is 0.366 e. The number of aryl methyl sites for hydroxylation is 1. The molecule has 1 aliphatic rings. The van der Waals surface area contributed by atoms with E-state index in [2.05, 4.69) is 44.5 Å². The highest BCUT2D eigenvalue weighted by molar-refractivity contribution is 9.10. The molecular formula is C10H14BrN3. The predicted molar refractivity (Wildman–Crippen MR) is 61.6 cm³/mol. The minimum Gasteiger partial charge on any atom is -0.366 e. The Labute approximate surface area is 92.4 Å². The van der Waals surface area contributed by atoms with Crippen LogP contribution in [0.25, 0.3) is 0 Å². The van der Waals surface area contributed by atoms with E-state index in [1.807, 2.05) is 6.20 Å². The van der Waals surface area contributed by atoms with Crippen molar-refractivity contribution >= 4 is 21.7 Å². The molecule has 0 radical (unpaired) electrons. The Morgan fingerprint density at radius 1 is 1.64 bits per heavy atom. The maximum Gasteiger partial charge on any atom is 0.126 e. The van der Waals surface area contributed by atoms with Gasteiger partial charge in [0.05, 0.1) is 0 Å². The predicted octanol–water partition coefficient (Wildman–Crippen LogP) is 1.93. The maximum absolute atomic E-state index is 4.32. The van der Waals surface area contributed by atoms with Crippen molar-refractivity contribution < 1.29 is 0 Å². The van der Waals surface area contributed by atoms with Crippen LogP contribution < -0.4 is 10.6 Å². The normalized spacial score (nSPS) is 21.1. The van der Waals surface area contributed by atoms with E-state index in [0.717, 1.165) is 23.4 Å². The van der Waals surface area contributed by atoms with E-state index in [9.17, 15) is 0 Å². The van der Waals surface area contributed by atoms with Gasteiger partial charge in [-0.25, -0.2) is 4.98 Å². The lowest BCUT2D eigenvalue weighted by molar-refractivity contribution is 0.787. The molecular weight excluding hydrogens is 242 g/mol. The lowest BCUT2D eigenvalue weighted by Gasteiger charge is -2.12. The molecule has 76 valence electrons. The molecule has 0 spiro atoms. The van der Waals surface area contributed by atoms with Crippen molar-refractivity contribution in [3.63, 3.8) is 0 Å². The highest BCUT2D eigenvalue weighted by Gasteiger charge is 2.14. The molecule has 0 bridgehead atoms. The summed E-state index contributed by atoms with van der Waals surface area (Å²) in [5.74, 6) is 0.972. The summed E-state index contributed by atoms with van der Waals surface area (Å²) in [7, 11) is 0. The molecule has 1 aliphatic heterocycles. The van der Waals surface area contributed by atoms with E-state index >= 15 is 0 Å². The molecule has 1 saturated heterocycles. The summed E-state index contributed by atoms with van der Waals surface area (Å²) in [5.41, 5.74) is 1.22. The first kappa shape index (κ1) is 9.93. The highest BCUT2D eigenvalue weighted by atomic mass is 79.9. The molecule has 2 rings (SSSR count). The smallest absolute Gasteiger partial charge is 0.126 e. The van der Waals surface area contributed by atoms with Crippen molar-refractivity contribution in [3.8, 4) is 0 Å². The minimum absolute atomic E-state index is 0.531. The Morgan fingerprint density at radius 2 is 2.50 bits per heavy atom. The summed E-state index contributed by atoms with van der Waals surface area (Å²) in [6.45, 7) is 4.22. The van der Waals surface area contributed by atoms with Gasteiger partial charge in [0, 0.05) is 23.3 Å². The number of hydrogen-bond donors (Lipinski definition) is 2. The van der Waals surface area contributed by atoms with Crippen LogP contribution >= 0.6 is 15.9 Å². The number of halogens is 1. The second kappa shape index (κ2) is 4.28. The van der Waals surface area contributed by atoms with Crippen LogP contribution in [0.3, 0.4) is 0 Å². The summed E-state index contributed by atoms with van der Waals surface area (Å²) in [4.78, 5) is 4.32. The fraction of sp³-hybridized carbons (Fsp3) is 0.500. The molecule has 0 aliphatic carbocycles. The van der Waals surface area contributed by atoms with Crippen molar-refractivity contribution in [2.45, 2.75) is 19.4 Å². The van der Waals surface area contributed by atoms with Gasteiger partial charge in [-0.15, -0.1) is 0 Å². The van der Waals surface area contributed by atoms with Crippen LogP contribution in [0.4, 0.5) is 5.82 Å². The summed E-state index contributed by atoms with van der Waals surface area (Å²) in [6.07, 6.45) is 3.02. The van der Waals surface area contributed by atoms with E-state index in [4.69, 9.17) is 0 Å². The monoisotopic (exact) mass is 255 g/mol. The first-order chi connectivity index (χ1) is 6.75. The summed E-state index contributed by atoms with van der Waals surface area (Å²) in [5, 5.41) is 6.73. The second-order valence-electron chi connectivity index (χ2n) is 3.65. The van der Waals surface area contributed by atoms with Crippen LogP contribution in [0.5, 0.6) is 0 Å². The zero-order valence-electron chi connectivity index (χ0n) is 8.18. The Kier molecular flexibility index (Phi) is 3.03. The zero-order valence-corrected chi connectivity index (χ0v) is 9.76. The van der Waals surface area contributed by atoms with Gasteiger partial charge in [-0.1, -0.05) is 0 Å². The highest BCUT2D eigenvalue weighted by Crippen LogP contribution is 2.18. The molecule has 0 saturated carbocycles. The van der Waals surface area contributed by atoms with Gasteiger partial charge in [-0.05, 0) is 47.4 Å². The molecule has 0 aromatic carbocycles. The topological polar surface area (TPSA) is 37.0 Å². The van der Waals surface area contributed by atoms with Crippen molar-refractivity contribution in [1.82, 2.24) is 10.3 Å². The molecule has 0 amide bonds. The van der Waals surface area contributed by atoms with Crippen molar-refractivity contribution in [1.29, 1.82) is 0 Å². The van der Waals surface area contributed by atoms with Gasteiger partial charge in [-0.3, -0.25) is 0 Å². The molecule has 1 atom stereocenters. The Balaban J connectivity index is 2.05. The van der Waals surface area contributed by atoms with Gasteiger partial charge in [-0.2, -0.15) is 0 Å². The number of pyridine rings is 1. The van der Waals surface area contributed by atoms with Crippen molar-refractivity contribution in [2.75, 3.05) is 18.4 Å². The van der Waals surface area contributed by atoms with Gasteiger partial charge in [0.25, 0.3) is 0 Å². The van der Waals surface area contributed by atoms with Crippen molar-refractivity contribution in [3.05, 3.63) is 22.3 Å². The van der Waals surface area contributed by atoms with Crippen molar-refractivity contribution in [2.24, 2.45) is 0 Å². The second-order valence-corrected chi connectivity index (χ2v) is 4.51. The van der Waals surface area contributed by atoms with Crippen LogP contribution in [-0.4, -0.2) is 24.1 Å². The fourth-order valence-electron chi connectivity index (χ4n) is 1.61. The molecule has 2 N–H and O–H groups in total. The fourth-order valence-corrected chi connectivity index (χ4v) is 1.82. The Hall–Kier alpha value is -0.610. The molecule has 1 aromatic heterocycles. The van der Waals surface area contributed by atoms with Crippen LogP contribution in [0.15, 0.2) is 16.7 Å². The summed E-state index contributed by atoms with van der Waals surface area (Å²) >= 11 is 3.44. The van der Waals surface area contributed by atoms with Gasteiger partial charge in [0.2, 0.25) is 0 Å². The molecule has 1 unspecified atom stereocenters. The number of rotatable bonds is 2. The van der Waals surface area contributed by atoms with Gasteiger partial charge in [0.1, 0.15) is 5.82 Å². The van der Waals surface area contributed by atoms with E-state index in [1.54, 1.807) is 0 Å². The van der Waals surface area contributed by atoms with E-state index < -0.39 is 0 Å². The van der Waals surface area contributed by atoms with E-state index in [0.29, 0.717) is 6.04 Å². The van der Waals surface area contributed by atoms with Crippen LogP contribution in [0, 0.1) is 6.92 Å². The van der Waals surface area contributed by atoms with Crippen LogP contribution in [0.1, 0.15) is 12.0 Å². The zero-order chi connectivity index (χ0) is 9.97. The molecule has 14 heavy (non-hydrogen) atoms. The lowest BCUT2D eigenvalue weighted by Crippen LogP contribution is -2.22. The van der Waals surface area contributed by atoms with E-state index in [-0.39, 0.29) is 0 Å². The summed E-state index contributed by atoms with van der Waals surface area (Å²) in [6, 6.07) is 2.60. The molecule has 2 heterocycles. The third kappa shape index (κ3) is 2.25. The number of nitrogens with one attached hydrogen (secondary N) is 2.